The molecule has 0 aliphatic carbocycles. The van der Waals surface area contributed by atoms with E-state index in [2.05, 4.69) is 20.5 Å². The third-order valence-electron chi connectivity index (χ3n) is 2.86. The largest absolute Gasteiger partial charge is 0.481 e. The molecule has 0 fully saturated rings. The monoisotopic (exact) mass is 402 g/mol. The van der Waals surface area contributed by atoms with Gasteiger partial charge in [-0.05, 0) is 18.2 Å². The molecule has 3 N–H and O–H groups in total. The fraction of sp³-hybridized carbons (Fsp3) is 0.214. The van der Waals surface area contributed by atoms with E-state index in [-0.39, 0.29) is 35.4 Å². The molecule has 0 aliphatic heterocycles. The zero-order valence-corrected chi connectivity index (χ0v) is 14.9. The third-order valence-corrected chi connectivity index (χ3v) is 4.28. The van der Waals surface area contributed by atoms with Crippen LogP contribution in [0, 0.1) is 0 Å². The molecular formula is C14H12Cl2N4O4S. The van der Waals surface area contributed by atoms with Gasteiger partial charge in [-0.3, -0.25) is 19.4 Å². The van der Waals surface area contributed by atoms with E-state index in [9.17, 15) is 14.4 Å². The van der Waals surface area contributed by atoms with Gasteiger partial charge in [0.05, 0.1) is 22.9 Å². The van der Waals surface area contributed by atoms with Crippen molar-refractivity contribution in [2.45, 2.75) is 18.0 Å². The van der Waals surface area contributed by atoms with Crippen LogP contribution >= 0.6 is 35.0 Å². The first kappa shape index (κ1) is 19.2. The molecule has 1 heterocycles. The van der Waals surface area contributed by atoms with Gasteiger partial charge in [0.1, 0.15) is 5.69 Å². The topological polar surface area (TPSA) is 125 Å². The van der Waals surface area contributed by atoms with Gasteiger partial charge in [-0.2, -0.15) is 0 Å². The maximum absolute atomic E-state index is 11.9. The molecule has 2 rings (SSSR count). The lowest BCUT2D eigenvalue weighted by Crippen LogP contribution is -2.20. The second-order valence-corrected chi connectivity index (χ2v) is 6.57. The molecule has 8 nitrogen and oxygen atoms in total. The number of anilines is 1. The number of nitrogens with zero attached hydrogens (tertiary/aromatic N) is 2. The number of carbonyl (C=O) groups is 2. The lowest BCUT2D eigenvalue weighted by molar-refractivity contribution is -0.137. The summed E-state index contributed by atoms with van der Waals surface area (Å²) in [6.07, 6.45) is -0.229. The van der Waals surface area contributed by atoms with Gasteiger partial charge >= 0.3 is 5.97 Å². The fourth-order valence-electron chi connectivity index (χ4n) is 1.71. The van der Waals surface area contributed by atoms with E-state index in [1.807, 2.05) is 0 Å². The van der Waals surface area contributed by atoms with Crippen molar-refractivity contribution in [3.05, 3.63) is 44.3 Å². The van der Waals surface area contributed by atoms with Crippen molar-refractivity contribution in [2.75, 3.05) is 11.1 Å². The van der Waals surface area contributed by atoms with E-state index in [1.165, 1.54) is 6.07 Å². The summed E-state index contributed by atoms with van der Waals surface area (Å²) in [5.74, 6) is -1.41. The van der Waals surface area contributed by atoms with E-state index in [4.69, 9.17) is 28.3 Å². The van der Waals surface area contributed by atoms with Crippen LogP contribution in [-0.4, -0.2) is 37.9 Å². The van der Waals surface area contributed by atoms with Gasteiger partial charge in [-0.25, -0.2) is 0 Å². The highest BCUT2D eigenvalue weighted by Gasteiger charge is 2.11. The summed E-state index contributed by atoms with van der Waals surface area (Å²) in [6, 6.07) is 4.67. The van der Waals surface area contributed by atoms with Crippen molar-refractivity contribution in [1.82, 2.24) is 15.2 Å². The lowest BCUT2D eigenvalue weighted by atomic mass is 10.2. The fourth-order valence-corrected chi connectivity index (χ4v) is 2.77. The Morgan fingerprint density at radius 2 is 2.04 bits per heavy atom. The summed E-state index contributed by atoms with van der Waals surface area (Å²) in [5, 5.41) is 19.6. The van der Waals surface area contributed by atoms with E-state index in [0.29, 0.717) is 15.7 Å². The number of amides is 1. The Hall–Kier alpha value is -2.10. The smallest absolute Gasteiger partial charge is 0.303 e. The SMILES string of the molecule is O=C(O)CCc1nnc(SCC(=O)Nc2ccc(Cl)cc2Cl)[nH]c1=O. The van der Waals surface area contributed by atoms with Crippen molar-refractivity contribution in [3.63, 3.8) is 0 Å². The van der Waals surface area contributed by atoms with Gasteiger partial charge in [0.25, 0.3) is 5.56 Å². The number of carboxylic acids is 1. The van der Waals surface area contributed by atoms with Crippen LogP contribution in [0.3, 0.4) is 0 Å². The molecule has 0 unspecified atom stereocenters. The van der Waals surface area contributed by atoms with Crippen LogP contribution in [0.25, 0.3) is 0 Å². The number of H-pyrrole nitrogens is 1. The molecule has 0 saturated heterocycles. The number of carboxylic acid groups (broad SMARTS) is 1. The van der Waals surface area contributed by atoms with Gasteiger partial charge in [0, 0.05) is 11.4 Å². The van der Waals surface area contributed by atoms with Crippen LogP contribution in [0.1, 0.15) is 12.1 Å². The van der Waals surface area contributed by atoms with Gasteiger partial charge < -0.3 is 10.4 Å². The summed E-state index contributed by atoms with van der Waals surface area (Å²) < 4.78 is 0. The molecule has 0 aliphatic rings. The average molecular weight is 403 g/mol. The number of aliphatic carboxylic acids is 1. The first-order valence-electron chi connectivity index (χ1n) is 6.90. The number of rotatable bonds is 7. The molecule has 0 radical (unpaired) electrons. The molecule has 2 aromatic rings. The number of hydrogen-bond donors (Lipinski definition) is 3. The molecule has 0 saturated carbocycles. The predicted molar refractivity (Wildman–Crippen MR) is 94.4 cm³/mol. The predicted octanol–water partition coefficient (Wildman–Crippen LogP) is 2.22. The van der Waals surface area contributed by atoms with Crippen LogP contribution in [0.2, 0.25) is 10.0 Å². The van der Waals surface area contributed by atoms with Crippen LogP contribution in [0.15, 0.2) is 28.2 Å². The molecular weight excluding hydrogens is 391 g/mol. The van der Waals surface area contributed by atoms with Gasteiger partial charge in [-0.15, -0.1) is 10.2 Å². The van der Waals surface area contributed by atoms with Crippen molar-refractivity contribution in [3.8, 4) is 0 Å². The summed E-state index contributed by atoms with van der Waals surface area (Å²) in [5.41, 5.74) is -0.0793. The van der Waals surface area contributed by atoms with E-state index >= 15 is 0 Å². The van der Waals surface area contributed by atoms with E-state index in [0.717, 1.165) is 11.8 Å². The normalized spacial score (nSPS) is 10.5. The summed E-state index contributed by atoms with van der Waals surface area (Å²) in [6.45, 7) is 0. The highest BCUT2D eigenvalue weighted by atomic mass is 35.5. The quantitative estimate of drug-likeness (QED) is 0.606. The number of aromatic nitrogens is 3. The molecule has 0 bridgehead atoms. The minimum absolute atomic E-state index is 0.0157. The van der Waals surface area contributed by atoms with Gasteiger partial charge in [0.15, 0.2) is 5.16 Å². The Kier molecular flexibility index (Phi) is 6.80. The molecule has 1 aromatic heterocycles. The summed E-state index contributed by atoms with van der Waals surface area (Å²) >= 11 is 12.7. The van der Waals surface area contributed by atoms with Crippen molar-refractivity contribution in [2.24, 2.45) is 0 Å². The van der Waals surface area contributed by atoms with Crippen molar-refractivity contribution in [1.29, 1.82) is 0 Å². The second kappa shape index (κ2) is 8.84. The molecule has 0 spiro atoms. The number of aryl methyl sites for hydroxylation is 1. The number of hydrogen-bond acceptors (Lipinski definition) is 6. The molecule has 11 heteroatoms. The highest BCUT2D eigenvalue weighted by Crippen LogP contribution is 2.25. The van der Waals surface area contributed by atoms with Crippen molar-refractivity contribution < 1.29 is 14.7 Å². The molecule has 132 valence electrons. The molecule has 1 aromatic carbocycles. The van der Waals surface area contributed by atoms with Crippen molar-refractivity contribution >= 4 is 52.5 Å². The zero-order valence-electron chi connectivity index (χ0n) is 12.6. The Morgan fingerprint density at radius 3 is 2.68 bits per heavy atom. The number of aromatic amines is 1. The van der Waals surface area contributed by atoms with Crippen LogP contribution in [-0.2, 0) is 16.0 Å². The van der Waals surface area contributed by atoms with E-state index in [1.54, 1.807) is 12.1 Å². The summed E-state index contributed by atoms with van der Waals surface area (Å²) in [4.78, 5) is 36.6. The Balaban J connectivity index is 1.92. The number of halogens is 2. The second-order valence-electron chi connectivity index (χ2n) is 4.76. The van der Waals surface area contributed by atoms with Gasteiger partial charge in [0.2, 0.25) is 5.91 Å². The Morgan fingerprint density at radius 1 is 1.28 bits per heavy atom. The third kappa shape index (κ3) is 6.04. The lowest BCUT2D eigenvalue weighted by Gasteiger charge is -2.07. The number of nitrogens with one attached hydrogen (secondary N) is 2. The maximum Gasteiger partial charge on any atom is 0.303 e. The summed E-state index contributed by atoms with van der Waals surface area (Å²) in [7, 11) is 0. The molecule has 0 atom stereocenters. The van der Waals surface area contributed by atoms with E-state index < -0.39 is 11.5 Å². The van der Waals surface area contributed by atoms with Crippen LogP contribution in [0.5, 0.6) is 0 Å². The first-order chi connectivity index (χ1) is 11.8. The first-order valence-corrected chi connectivity index (χ1v) is 8.64. The zero-order chi connectivity index (χ0) is 18.4. The Labute approximate surface area is 155 Å². The van der Waals surface area contributed by atoms with Crippen LogP contribution in [0.4, 0.5) is 5.69 Å². The number of carbonyl (C=O) groups excluding carboxylic acids is 1. The minimum atomic E-state index is -1.03. The number of thioether (sulfide) groups is 1. The minimum Gasteiger partial charge on any atom is -0.481 e. The molecule has 1 amide bonds. The highest BCUT2D eigenvalue weighted by molar-refractivity contribution is 7.99. The molecule has 25 heavy (non-hydrogen) atoms. The average Bonchev–Trinajstić information content (AvgIpc) is 2.54. The maximum atomic E-state index is 11.9. The van der Waals surface area contributed by atoms with Gasteiger partial charge in [-0.1, -0.05) is 35.0 Å². The number of benzene rings is 1. The van der Waals surface area contributed by atoms with Crippen LogP contribution < -0.4 is 10.9 Å². The Bertz CT molecular complexity index is 859. The standard InChI is InChI=1S/C14H12Cl2N4O4S/c15-7-1-2-9(8(16)5-7)17-11(21)6-25-14-18-13(24)10(19-20-14)3-4-12(22)23/h1-2,5H,3-4,6H2,(H,17,21)(H,22,23)(H,18,20,24).